The number of guanidine groups is 1. The maximum absolute atomic E-state index is 5.44. The summed E-state index contributed by atoms with van der Waals surface area (Å²) in [5, 5.41) is 10.5. The average Bonchev–Trinajstić information content (AvgIpc) is 3.10. The summed E-state index contributed by atoms with van der Waals surface area (Å²) >= 11 is 0. The summed E-state index contributed by atoms with van der Waals surface area (Å²) in [6.45, 7) is 5.22. The van der Waals surface area contributed by atoms with E-state index in [1.807, 2.05) is 24.3 Å². The van der Waals surface area contributed by atoms with Gasteiger partial charge in [-0.1, -0.05) is 31.1 Å². The molecular weight excluding hydrogens is 320 g/mol. The zero-order chi connectivity index (χ0) is 18.2. The lowest BCUT2D eigenvalue weighted by atomic mass is 10.1. The van der Waals surface area contributed by atoms with Crippen LogP contribution in [0.5, 0.6) is 11.5 Å². The van der Waals surface area contributed by atoms with Crippen LogP contribution < -0.4 is 20.1 Å². The van der Waals surface area contributed by atoms with Gasteiger partial charge in [0.15, 0.2) is 23.2 Å². The van der Waals surface area contributed by atoms with Gasteiger partial charge >= 0.3 is 0 Å². The second-order valence-corrected chi connectivity index (χ2v) is 5.80. The number of benzene rings is 1. The predicted molar refractivity (Wildman–Crippen MR) is 97.2 cm³/mol. The first-order chi connectivity index (χ1) is 12.1. The molecule has 2 N–H and O–H groups in total. The summed E-state index contributed by atoms with van der Waals surface area (Å²) < 4.78 is 16.1. The zero-order valence-electron chi connectivity index (χ0n) is 15.4. The summed E-state index contributed by atoms with van der Waals surface area (Å²) in [4.78, 5) is 4.22. The van der Waals surface area contributed by atoms with Crippen molar-refractivity contribution in [2.45, 2.75) is 32.9 Å². The van der Waals surface area contributed by atoms with Crippen LogP contribution in [0.15, 0.2) is 33.8 Å². The molecule has 2 rings (SSSR count). The van der Waals surface area contributed by atoms with E-state index in [4.69, 9.17) is 14.0 Å². The van der Waals surface area contributed by atoms with Crippen LogP contribution >= 0.6 is 0 Å². The van der Waals surface area contributed by atoms with Crippen molar-refractivity contribution in [2.75, 3.05) is 21.3 Å². The lowest BCUT2D eigenvalue weighted by Gasteiger charge is -2.15. The highest BCUT2D eigenvalue weighted by Gasteiger charge is 2.11. The third kappa shape index (κ3) is 4.89. The largest absolute Gasteiger partial charge is 0.493 e. The fourth-order valence-electron chi connectivity index (χ4n) is 2.35. The smallest absolute Gasteiger partial charge is 0.191 e. The molecule has 0 saturated carbocycles. The number of nitrogens with one attached hydrogen (secondary N) is 2. The molecule has 0 aliphatic rings. The molecule has 1 aromatic carbocycles. The van der Waals surface area contributed by atoms with Crippen LogP contribution in [0.25, 0.3) is 0 Å². The van der Waals surface area contributed by atoms with Gasteiger partial charge in [0.05, 0.1) is 26.5 Å². The van der Waals surface area contributed by atoms with E-state index < -0.39 is 0 Å². The Morgan fingerprint density at radius 3 is 2.56 bits per heavy atom. The Hall–Kier alpha value is -2.70. The molecule has 0 radical (unpaired) electrons. The van der Waals surface area contributed by atoms with Crippen LogP contribution in [-0.2, 0) is 13.1 Å². The molecule has 136 valence electrons. The van der Waals surface area contributed by atoms with Crippen molar-refractivity contribution in [1.82, 2.24) is 15.8 Å². The molecule has 0 amide bonds. The molecule has 0 fully saturated rings. The lowest BCUT2D eigenvalue weighted by molar-refractivity contribution is 0.351. The van der Waals surface area contributed by atoms with Crippen LogP contribution in [0.3, 0.4) is 0 Å². The summed E-state index contributed by atoms with van der Waals surface area (Å²) in [5.74, 6) is 3.19. The average molecular weight is 346 g/mol. The molecule has 7 heteroatoms. The van der Waals surface area contributed by atoms with E-state index in [1.54, 1.807) is 21.3 Å². The van der Waals surface area contributed by atoms with E-state index in [-0.39, 0.29) is 0 Å². The highest BCUT2D eigenvalue weighted by molar-refractivity contribution is 5.79. The predicted octanol–water partition coefficient (Wildman–Crippen LogP) is 2.68. The number of ether oxygens (including phenoxy) is 2. The molecule has 0 unspecified atom stereocenters. The van der Waals surface area contributed by atoms with Crippen molar-refractivity contribution < 1.29 is 14.0 Å². The third-order valence-electron chi connectivity index (χ3n) is 3.75. The second-order valence-electron chi connectivity index (χ2n) is 5.80. The number of nitrogens with zero attached hydrogens (tertiary/aromatic N) is 2. The fraction of sp³-hybridized carbons (Fsp3) is 0.444. The Balaban J connectivity index is 1.94. The van der Waals surface area contributed by atoms with Crippen LogP contribution in [0, 0.1) is 0 Å². The molecule has 25 heavy (non-hydrogen) atoms. The number of hydrogen-bond acceptors (Lipinski definition) is 5. The van der Waals surface area contributed by atoms with Crippen LogP contribution in [0.4, 0.5) is 0 Å². The summed E-state index contributed by atoms with van der Waals surface area (Å²) in [6, 6.07) is 7.73. The van der Waals surface area contributed by atoms with Crippen molar-refractivity contribution in [1.29, 1.82) is 0 Å². The van der Waals surface area contributed by atoms with E-state index >= 15 is 0 Å². The quantitative estimate of drug-likeness (QED) is 0.593. The first-order valence-corrected chi connectivity index (χ1v) is 8.18. The van der Waals surface area contributed by atoms with Crippen molar-refractivity contribution in [3.05, 3.63) is 41.3 Å². The van der Waals surface area contributed by atoms with Gasteiger partial charge in [-0.05, 0) is 12.0 Å². The Kier molecular flexibility index (Phi) is 6.68. The molecule has 0 atom stereocenters. The zero-order valence-corrected chi connectivity index (χ0v) is 15.4. The van der Waals surface area contributed by atoms with E-state index in [1.165, 1.54) is 0 Å². The van der Waals surface area contributed by atoms with Gasteiger partial charge in [0.1, 0.15) is 0 Å². The molecule has 0 bridgehead atoms. The van der Waals surface area contributed by atoms with Gasteiger partial charge in [0, 0.05) is 25.2 Å². The Morgan fingerprint density at radius 1 is 1.20 bits per heavy atom. The Bertz CT molecular complexity index is 710. The topological polar surface area (TPSA) is 80.9 Å². The normalized spacial score (nSPS) is 11.5. The Labute approximate surface area is 148 Å². The number of rotatable bonds is 7. The van der Waals surface area contributed by atoms with Crippen molar-refractivity contribution in [3.63, 3.8) is 0 Å². The molecule has 0 aliphatic carbocycles. The molecule has 7 nitrogen and oxygen atoms in total. The first kappa shape index (κ1) is 18.6. The highest BCUT2D eigenvalue weighted by Crippen LogP contribution is 2.30. The van der Waals surface area contributed by atoms with Gasteiger partial charge in [-0.25, -0.2) is 0 Å². The van der Waals surface area contributed by atoms with Crippen molar-refractivity contribution >= 4 is 5.96 Å². The van der Waals surface area contributed by atoms with Crippen LogP contribution in [0.2, 0.25) is 0 Å². The number of hydrogen-bond donors (Lipinski definition) is 2. The summed E-state index contributed by atoms with van der Waals surface area (Å²) in [5.41, 5.74) is 1.92. The van der Waals surface area contributed by atoms with Gasteiger partial charge in [0.2, 0.25) is 0 Å². The van der Waals surface area contributed by atoms with Gasteiger partial charge in [-0.3, -0.25) is 4.99 Å². The SMILES string of the molecule is CN=C(NCc1cc(C(C)C)no1)NCc1cccc(OC)c1OC. The second kappa shape index (κ2) is 8.96. The van der Waals surface area contributed by atoms with E-state index in [9.17, 15) is 0 Å². The van der Waals surface area contributed by atoms with E-state index in [0.29, 0.717) is 36.5 Å². The minimum absolute atomic E-state index is 0.343. The molecule has 0 saturated heterocycles. The van der Waals surface area contributed by atoms with E-state index in [2.05, 4.69) is 34.6 Å². The van der Waals surface area contributed by atoms with Crippen LogP contribution in [-0.4, -0.2) is 32.4 Å². The minimum atomic E-state index is 0.343. The van der Waals surface area contributed by atoms with Crippen LogP contribution in [0.1, 0.15) is 36.8 Å². The van der Waals surface area contributed by atoms with Gasteiger partial charge in [0.25, 0.3) is 0 Å². The molecule has 2 aromatic rings. The Morgan fingerprint density at radius 2 is 1.96 bits per heavy atom. The van der Waals surface area contributed by atoms with Crippen molar-refractivity contribution in [2.24, 2.45) is 4.99 Å². The standard InChI is InChI=1S/C18H26N4O3/c1-12(2)15-9-14(25-22-15)11-21-18(19-3)20-10-13-7-6-8-16(23-4)17(13)24-5/h6-9,12H,10-11H2,1-5H3,(H2,19,20,21). The number of para-hydroxylation sites is 1. The first-order valence-electron chi connectivity index (χ1n) is 8.18. The van der Waals surface area contributed by atoms with Crippen molar-refractivity contribution in [3.8, 4) is 11.5 Å². The van der Waals surface area contributed by atoms with E-state index in [0.717, 1.165) is 17.0 Å². The maximum Gasteiger partial charge on any atom is 0.191 e. The summed E-state index contributed by atoms with van der Waals surface area (Å²) in [6.07, 6.45) is 0. The molecule has 0 aliphatic heterocycles. The fourth-order valence-corrected chi connectivity index (χ4v) is 2.35. The third-order valence-corrected chi connectivity index (χ3v) is 3.75. The molecule has 1 heterocycles. The highest BCUT2D eigenvalue weighted by atomic mass is 16.5. The minimum Gasteiger partial charge on any atom is -0.493 e. The monoisotopic (exact) mass is 346 g/mol. The summed E-state index contributed by atoms with van der Waals surface area (Å²) in [7, 11) is 4.97. The van der Waals surface area contributed by atoms with Gasteiger partial charge in [-0.15, -0.1) is 0 Å². The molecular formula is C18H26N4O3. The lowest BCUT2D eigenvalue weighted by Crippen LogP contribution is -2.36. The number of aromatic nitrogens is 1. The van der Waals surface area contributed by atoms with Gasteiger partial charge < -0.3 is 24.6 Å². The maximum atomic E-state index is 5.44. The number of methoxy groups -OCH3 is 2. The van der Waals surface area contributed by atoms with Gasteiger partial charge in [-0.2, -0.15) is 0 Å². The number of aliphatic imine (C=N–C) groups is 1. The molecule has 0 spiro atoms. The molecule has 1 aromatic heterocycles.